The molecule has 21 heavy (non-hydrogen) atoms. The number of hydrogen-bond acceptors (Lipinski definition) is 1. The summed E-state index contributed by atoms with van der Waals surface area (Å²) in [5.41, 5.74) is 0. The Morgan fingerprint density at radius 3 is 1.38 bits per heavy atom. The molecule has 0 bridgehead atoms. The molecule has 0 fully saturated rings. The zero-order valence-corrected chi connectivity index (χ0v) is 14.8. The number of rotatable bonds is 3. The van der Waals surface area contributed by atoms with Gasteiger partial charge in [-0.15, -0.1) is 0 Å². The topological polar surface area (TPSA) is 17.1 Å². The number of benzene rings is 3. The SMILES string of the molecule is O=[As](c1ccccc1)(c1ccccc1)c1ccc(Br)cc1. The van der Waals surface area contributed by atoms with Crippen LogP contribution in [0.1, 0.15) is 0 Å². The van der Waals surface area contributed by atoms with Crippen LogP contribution < -0.4 is 13.1 Å². The van der Waals surface area contributed by atoms with Crippen molar-refractivity contribution in [1.82, 2.24) is 0 Å². The minimum atomic E-state index is -3.59. The van der Waals surface area contributed by atoms with E-state index < -0.39 is 13.5 Å². The zero-order chi connectivity index (χ0) is 14.7. The standard InChI is InChI=1S/C18H14AsBrO/c20-18-13-11-17(12-14-18)19(21,15-7-3-1-4-8-15)16-9-5-2-6-10-16/h1-14H. The van der Waals surface area contributed by atoms with E-state index in [9.17, 15) is 3.74 Å². The second-order valence-corrected chi connectivity index (χ2v) is 11.5. The molecule has 1 nitrogen and oxygen atoms in total. The molecular weight excluding hydrogens is 387 g/mol. The van der Waals surface area contributed by atoms with Gasteiger partial charge in [-0.2, -0.15) is 0 Å². The summed E-state index contributed by atoms with van der Waals surface area (Å²) in [7, 11) is 0. The van der Waals surface area contributed by atoms with E-state index in [1.165, 1.54) is 0 Å². The summed E-state index contributed by atoms with van der Waals surface area (Å²) in [6, 6.07) is 27.4. The predicted octanol–water partition coefficient (Wildman–Crippen LogP) is 2.85. The van der Waals surface area contributed by atoms with E-state index in [2.05, 4.69) is 15.9 Å². The van der Waals surface area contributed by atoms with Gasteiger partial charge in [0.05, 0.1) is 0 Å². The summed E-state index contributed by atoms with van der Waals surface area (Å²) in [4.78, 5) is 0. The first-order chi connectivity index (χ1) is 10.2. The van der Waals surface area contributed by atoms with Crippen LogP contribution in [0.2, 0.25) is 0 Å². The van der Waals surface area contributed by atoms with Gasteiger partial charge in [0, 0.05) is 0 Å². The quantitative estimate of drug-likeness (QED) is 0.618. The van der Waals surface area contributed by atoms with Gasteiger partial charge in [-0.05, 0) is 0 Å². The third kappa shape index (κ3) is 2.79. The Morgan fingerprint density at radius 1 is 0.571 bits per heavy atom. The Morgan fingerprint density at radius 2 is 0.952 bits per heavy atom. The van der Waals surface area contributed by atoms with Crippen molar-refractivity contribution in [3.63, 3.8) is 0 Å². The van der Waals surface area contributed by atoms with E-state index in [-0.39, 0.29) is 0 Å². The van der Waals surface area contributed by atoms with Crippen LogP contribution in [0.15, 0.2) is 89.4 Å². The van der Waals surface area contributed by atoms with Crippen molar-refractivity contribution in [3.8, 4) is 0 Å². The molecule has 0 radical (unpaired) electrons. The minimum absolute atomic E-state index is 0.911. The van der Waals surface area contributed by atoms with Crippen molar-refractivity contribution in [2.75, 3.05) is 0 Å². The molecule has 104 valence electrons. The van der Waals surface area contributed by atoms with Crippen LogP contribution in [-0.2, 0) is 3.74 Å². The van der Waals surface area contributed by atoms with E-state index in [4.69, 9.17) is 0 Å². The fourth-order valence-corrected chi connectivity index (χ4v) is 8.19. The molecule has 0 spiro atoms. The summed E-state index contributed by atoms with van der Waals surface area (Å²) < 4.78 is 17.7. The molecule has 3 rings (SSSR count). The summed E-state index contributed by atoms with van der Waals surface area (Å²) in [6.07, 6.45) is 0. The predicted molar refractivity (Wildman–Crippen MR) is 92.4 cm³/mol. The molecular formula is C18H14AsBrO. The van der Waals surface area contributed by atoms with E-state index in [1.54, 1.807) is 0 Å². The molecule has 0 saturated carbocycles. The molecule has 3 heteroatoms. The molecule has 0 aliphatic heterocycles. The molecule has 0 saturated heterocycles. The van der Waals surface area contributed by atoms with Gasteiger partial charge >= 0.3 is 136 Å². The van der Waals surface area contributed by atoms with Crippen LogP contribution in [0.4, 0.5) is 0 Å². The van der Waals surface area contributed by atoms with E-state index in [1.807, 2.05) is 84.9 Å². The monoisotopic (exact) mass is 400 g/mol. The molecule has 0 unspecified atom stereocenters. The van der Waals surface area contributed by atoms with Gasteiger partial charge in [-0.25, -0.2) is 0 Å². The molecule has 0 aliphatic rings. The molecule has 0 atom stereocenters. The summed E-state index contributed by atoms with van der Waals surface area (Å²) in [5, 5.41) is 0. The van der Waals surface area contributed by atoms with Crippen molar-refractivity contribution in [3.05, 3.63) is 89.4 Å². The Balaban J connectivity index is 2.26. The summed E-state index contributed by atoms with van der Waals surface area (Å²) >= 11 is -0.151. The van der Waals surface area contributed by atoms with Gasteiger partial charge in [0.1, 0.15) is 0 Å². The van der Waals surface area contributed by atoms with Crippen LogP contribution >= 0.6 is 15.9 Å². The normalized spacial score (nSPS) is 11.3. The second kappa shape index (κ2) is 6.09. The number of hydrogen-bond donors (Lipinski definition) is 0. The van der Waals surface area contributed by atoms with Gasteiger partial charge in [0.25, 0.3) is 0 Å². The zero-order valence-electron chi connectivity index (χ0n) is 11.3. The van der Waals surface area contributed by atoms with Crippen LogP contribution in [0.3, 0.4) is 0 Å². The molecule has 0 N–H and O–H groups in total. The molecule has 3 aromatic rings. The van der Waals surface area contributed by atoms with Crippen LogP contribution in [0.5, 0.6) is 0 Å². The van der Waals surface area contributed by atoms with Crippen LogP contribution in [0, 0.1) is 0 Å². The third-order valence-corrected chi connectivity index (χ3v) is 10.4. The maximum atomic E-state index is 14.0. The average Bonchev–Trinajstić information content (AvgIpc) is 2.56. The molecule has 0 amide bonds. The Hall–Kier alpha value is -1.50. The Bertz CT molecular complexity index is 724. The van der Waals surface area contributed by atoms with Crippen molar-refractivity contribution in [1.29, 1.82) is 0 Å². The average molecular weight is 401 g/mol. The summed E-state index contributed by atoms with van der Waals surface area (Å²) in [6.45, 7) is 0. The molecule has 0 heterocycles. The first-order valence-electron chi connectivity index (χ1n) is 6.69. The first kappa shape index (κ1) is 14.4. The van der Waals surface area contributed by atoms with Gasteiger partial charge in [0.15, 0.2) is 0 Å². The van der Waals surface area contributed by atoms with Crippen LogP contribution in [-0.4, -0.2) is 13.5 Å². The fraction of sp³-hybridized carbons (Fsp3) is 0. The van der Waals surface area contributed by atoms with E-state index >= 15 is 0 Å². The van der Waals surface area contributed by atoms with Gasteiger partial charge in [-0.1, -0.05) is 0 Å². The van der Waals surface area contributed by atoms with Crippen molar-refractivity contribution < 1.29 is 3.74 Å². The van der Waals surface area contributed by atoms with Crippen LogP contribution in [0.25, 0.3) is 0 Å². The first-order valence-corrected chi connectivity index (χ1v) is 11.1. The Kier molecular flexibility index (Phi) is 4.19. The Labute approximate surface area is 135 Å². The van der Waals surface area contributed by atoms with Crippen molar-refractivity contribution >= 4 is 42.5 Å². The maximum absolute atomic E-state index is 14.0. The summed E-state index contributed by atoms with van der Waals surface area (Å²) in [5.74, 6) is 0. The van der Waals surface area contributed by atoms with Gasteiger partial charge in [0.2, 0.25) is 0 Å². The molecule has 0 aliphatic carbocycles. The fourth-order valence-electron chi connectivity index (χ4n) is 2.37. The molecule has 0 aromatic heterocycles. The second-order valence-electron chi connectivity index (χ2n) is 4.76. The third-order valence-electron chi connectivity index (χ3n) is 3.43. The van der Waals surface area contributed by atoms with Crippen molar-refractivity contribution in [2.24, 2.45) is 0 Å². The van der Waals surface area contributed by atoms with Gasteiger partial charge in [-0.3, -0.25) is 0 Å². The van der Waals surface area contributed by atoms with E-state index in [0.717, 1.165) is 17.5 Å². The van der Waals surface area contributed by atoms with E-state index in [0.29, 0.717) is 0 Å². The molecule has 3 aromatic carbocycles. The van der Waals surface area contributed by atoms with Crippen molar-refractivity contribution in [2.45, 2.75) is 0 Å². The number of halogens is 1. The van der Waals surface area contributed by atoms with Gasteiger partial charge < -0.3 is 0 Å².